The number of alkyl halides is 1. The minimum absolute atomic E-state index is 0.380. The van der Waals surface area contributed by atoms with E-state index in [1.54, 1.807) is 6.20 Å². The maximum atomic E-state index is 13.6. The third-order valence-corrected chi connectivity index (χ3v) is 7.16. The number of aromatic amines is 1. The molecule has 8 nitrogen and oxygen atoms in total. The lowest BCUT2D eigenvalue weighted by Crippen LogP contribution is -2.59. The van der Waals surface area contributed by atoms with Crippen LogP contribution in [0.15, 0.2) is 58.7 Å². The van der Waals surface area contributed by atoms with Crippen molar-refractivity contribution in [3.63, 3.8) is 0 Å². The normalized spacial score (nSPS) is 19.0. The van der Waals surface area contributed by atoms with Crippen molar-refractivity contribution in [3.05, 3.63) is 54.4 Å². The summed E-state index contributed by atoms with van der Waals surface area (Å²) in [4.78, 5) is 19.5. The molecular weight excluding hydrogens is 451 g/mol. The van der Waals surface area contributed by atoms with Crippen LogP contribution in [-0.4, -0.2) is 68.4 Å². The Morgan fingerprint density at radius 2 is 2.00 bits per heavy atom. The first-order valence-electron chi connectivity index (χ1n) is 11.4. The Morgan fingerprint density at radius 3 is 2.79 bits per heavy atom. The summed E-state index contributed by atoms with van der Waals surface area (Å²) >= 11 is 1.52. The highest BCUT2D eigenvalue weighted by atomic mass is 32.2. The number of fused-ring (bicyclic) bond motifs is 1. The quantitative estimate of drug-likeness (QED) is 0.401. The van der Waals surface area contributed by atoms with Gasteiger partial charge in [0.1, 0.15) is 17.8 Å². The molecule has 1 atom stereocenters. The minimum Gasteiger partial charge on any atom is -0.353 e. The lowest BCUT2D eigenvalue weighted by atomic mass is 10.1. The highest BCUT2D eigenvalue weighted by Crippen LogP contribution is 2.33. The summed E-state index contributed by atoms with van der Waals surface area (Å²) < 4.78 is 13.6. The van der Waals surface area contributed by atoms with Crippen molar-refractivity contribution in [1.29, 1.82) is 0 Å². The number of likely N-dealkylation sites (tertiary alicyclic amines) is 1. The maximum absolute atomic E-state index is 13.6. The number of halogens is 1. The van der Waals surface area contributed by atoms with Gasteiger partial charge in [0, 0.05) is 66.5 Å². The van der Waals surface area contributed by atoms with Crippen molar-refractivity contribution in [2.75, 3.05) is 36.4 Å². The van der Waals surface area contributed by atoms with Crippen LogP contribution in [-0.2, 0) is 0 Å². The average molecular weight is 477 g/mol. The van der Waals surface area contributed by atoms with Crippen LogP contribution in [0.4, 0.5) is 21.8 Å². The molecule has 0 bridgehead atoms. The molecule has 10 heteroatoms. The molecule has 2 fully saturated rings. The van der Waals surface area contributed by atoms with Gasteiger partial charge in [0.05, 0.1) is 5.52 Å². The van der Waals surface area contributed by atoms with Crippen molar-refractivity contribution < 1.29 is 4.39 Å². The van der Waals surface area contributed by atoms with Crippen LogP contribution in [0.3, 0.4) is 0 Å². The van der Waals surface area contributed by atoms with Crippen molar-refractivity contribution >= 4 is 40.1 Å². The van der Waals surface area contributed by atoms with E-state index in [1.165, 1.54) is 11.8 Å². The number of aryl methyl sites for hydroxylation is 1. The molecule has 6 rings (SSSR count). The molecule has 0 aliphatic carbocycles. The molecule has 0 radical (unpaired) electrons. The number of rotatable bonds is 6. The number of nitrogens with zero attached hydrogens (tertiary/aromatic N) is 6. The molecule has 5 heterocycles. The van der Waals surface area contributed by atoms with Gasteiger partial charge in [-0.1, -0.05) is 6.07 Å². The Labute approximate surface area is 201 Å². The fourth-order valence-electron chi connectivity index (χ4n) is 4.47. The number of pyridine rings is 1. The molecular formula is C24H25FN8S. The molecule has 1 aromatic carbocycles. The molecule has 2 aliphatic rings. The number of benzene rings is 1. The number of nitrogens with one attached hydrogen (secondary N) is 2. The molecule has 2 N–H and O–H groups in total. The van der Waals surface area contributed by atoms with E-state index in [0.717, 1.165) is 46.9 Å². The lowest BCUT2D eigenvalue weighted by molar-refractivity contribution is 0.188. The van der Waals surface area contributed by atoms with E-state index in [4.69, 9.17) is 9.97 Å². The van der Waals surface area contributed by atoms with E-state index >= 15 is 0 Å². The minimum atomic E-state index is -0.693. The van der Waals surface area contributed by atoms with Crippen LogP contribution in [0.2, 0.25) is 0 Å². The van der Waals surface area contributed by atoms with Crippen LogP contribution < -0.4 is 10.2 Å². The summed E-state index contributed by atoms with van der Waals surface area (Å²) in [6.45, 7) is 5.03. The Morgan fingerprint density at radius 1 is 1.09 bits per heavy atom. The highest BCUT2D eigenvalue weighted by molar-refractivity contribution is 7.99. The Balaban J connectivity index is 1.25. The Hall–Kier alpha value is -3.24. The molecule has 174 valence electrons. The summed E-state index contributed by atoms with van der Waals surface area (Å²) in [5, 5.41) is 12.2. The van der Waals surface area contributed by atoms with Gasteiger partial charge in [-0.25, -0.2) is 14.4 Å². The number of aromatic nitrogens is 5. The third-order valence-electron chi connectivity index (χ3n) is 6.30. The van der Waals surface area contributed by atoms with E-state index < -0.39 is 6.17 Å². The fraction of sp³-hybridized carbons (Fsp3) is 0.333. The van der Waals surface area contributed by atoms with E-state index in [0.29, 0.717) is 35.8 Å². The molecule has 0 unspecified atom stereocenters. The summed E-state index contributed by atoms with van der Waals surface area (Å²) in [6, 6.07) is 14.4. The zero-order valence-corrected chi connectivity index (χ0v) is 19.6. The molecule has 34 heavy (non-hydrogen) atoms. The maximum Gasteiger partial charge on any atom is 0.196 e. The van der Waals surface area contributed by atoms with Crippen molar-refractivity contribution in [1.82, 2.24) is 30.0 Å². The average Bonchev–Trinajstić information content (AvgIpc) is 3.40. The van der Waals surface area contributed by atoms with Crippen molar-refractivity contribution in [2.45, 2.75) is 35.6 Å². The van der Waals surface area contributed by atoms with Gasteiger partial charge < -0.3 is 10.2 Å². The molecule has 4 aromatic rings. The van der Waals surface area contributed by atoms with E-state index in [-0.39, 0.29) is 0 Å². The van der Waals surface area contributed by atoms with E-state index in [1.807, 2.05) is 37.3 Å². The molecule has 0 spiro atoms. The monoisotopic (exact) mass is 476 g/mol. The Kier molecular flexibility index (Phi) is 5.54. The predicted molar refractivity (Wildman–Crippen MR) is 132 cm³/mol. The van der Waals surface area contributed by atoms with Gasteiger partial charge in [-0.15, -0.1) is 0 Å². The zero-order chi connectivity index (χ0) is 23.1. The van der Waals surface area contributed by atoms with Gasteiger partial charge in [0.15, 0.2) is 11.0 Å². The zero-order valence-electron chi connectivity index (χ0n) is 18.8. The summed E-state index contributed by atoms with van der Waals surface area (Å²) in [7, 11) is 0. The second kappa shape index (κ2) is 8.84. The number of hydrogen-bond donors (Lipinski definition) is 2. The van der Waals surface area contributed by atoms with Gasteiger partial charge >= 0.3 is 0 Å². The van der Waals surface area contributed by atoms with E-state index in [2.05, 4.69) is 42.4 Å². The van der Waals surface area contributed by atoms with Crippen LogP contribution in [0.1, 0.15) is 12.1 Å². The SMILES string of the molecule is Cc1cc(Nc2cc(N3CC(N4CC[C@H](F)C4)C3)nc(Sc3ccc4ncccc4c3)n2)n[nH]1. The van der Waals surface area contributed by atoms with Crippen LogP contribution >= 0.6 is 11.8 Å². The highest BCUT2D eigenvalue weighted by Gasteiger charge is 2.36. The number of anilines is 3. The summed E-state index contributed by atoms with van der Waals surface area (Å²) in [5.74, 6) is 2.26. The lowest BCUT2D eigenvalue weighted by Gasteiger charge is -2.44. The van der Waals surface area contributed by atoms with Crippen LogP contribution in [0, 0.1) is 6.92 Å². The largest absolute Gasteiger partial charge is 0.353 e. The standard InChI is InChI=1S/C24H25FN8S/c1-15-9-22(31-30-15)27-21-11-23(33-13-18(14-33)32-8-6-17(25)12-32)29-24(28-21)34-19-4-5-20-16(10-19)3-2-7-26-20/h2-5,7,9-11,17-18H,6,8,12-14H2,1H3,(H2,27,28,29,30,31)/t17-/m0/s1. The first kappa shape index (κ1) is 21.3. The van der Waals surface area contributed by atoms with Crippen molar-refractivity contribution in [3.8, 4) is 0 Å². The van der Waals surface area contributed by atoms with Crippen LogP contribution in [0.5, 0.6) is 0 Å². The third kappa shape index (κ3) is 4.43. The molecule has 2 saturated heterocycles. The smallest absolute Gasteiger partial charge is 0.196 e. The van der Waals surface area contributed by atoms with Gasteiger partial charge in [-0.2, -0.15) is 5.10 Å². The van der Waals surface area contributed by atoms with E-state index in [9.17, 15) is 4.39 Å². The predicted octanol–water partition coefficient (Wildman–Crippen LogP) is 4.18. The summed E-state index contributed by atoms with van der Waals surface area (Å²) in [5.41, 5.74) is 1.93. The molecule has 0 amide bonds. The summed E-state index contributed by atoms with van der Waals surface area (Å²) in [6.07, 6.45) is 1.75. The number of H-pyrrole nitrogens is 1. The number of hydrogen-bond acceptors (Lipinski definition) is 8. The first-order chi connectivity index (χ1) is 16.6. The second-order valence-electron chi connectivity index (χ2n) is 8.85. The second-order valence-corrected chi connectivity index (χ2v) is 9.90. The molecule has 3 aromatic heterocycles. The molecule has 2 aliphatic heterocycles. The van der Waals surface area contributed by atoms with Gasteiger partial charge in [-0.3, -0.25) is 15.0 Å². The molecule has 0 saturated carbocycles. The van der Waals surface area contributed by atoms with Gasteiger partial charge in [-0.05, 0) is 49.4 Å². The van der Waals surface area contributed by atoms with Crippen molar-refractivity contribution in [2.24, 2.45) is 0 Å². The Bertz CT molecular complexity index is 1320. The van der Waals surface area contributed by atoms with Crippen LogP contribution in [0.25, 0.3) is 10.9 Å². The fourth-order valence-corrected chi connectivity index (χ4v) is 5.28. The topological polar surface area (TPSA) is 85.9 Å². The van der Waals surface area contributed by atoms with Gasteiger partial charge in [0.2, 0.25) is 0 Å². The first-order valence-corrected chi connectivity index (χ1v) is 12.2. The van der Waals surface area contributed by atoms with Gasteiger partial charge in [0.25, 0.3) is 0 Å².